The molecule has 1 aromatic carbocycles. The number of nitrogens with one attached hydrogen (secondary N) is 1. The summed E-state index contributed by atoms with van der Waals surface area (Å²) in [6.45, 7) is 3.77. The summed E-state index contributed by atoms with van der Waals surface area (Å²) in [5.41, 5.74) is 1.68. The lowest BCUT2D eigenvalue weighted by atomic mass is 9.94. The Morgan fingerprint density at radius 1 is 1.07 bits per heavy atom. The fourth-order valence-corrected chi connectivity index (χ4v) is 4.82. The lowest BCUT2D eigenvalue weighted by molar-refractivity contribution is 0.131. The minimum absolute atomic E-state index is 0.0642. The van der Waals surface area contributed by atoms with Gasteiger partial charge in [-0.3, -0.25) is 0 Å². The highest BCUT2D eigenvalue weighted by molar-refractivity contribution is 7.89. The van der Waals surface area contributed by atoms with Crippen molar-refractivity contribution in [1.82, 2.24) is 14.7 Å². The Balaban J connectivity index is 1.61. The van der Waals surface area contributed by atoms with Crippen LogP contribution in [0.1, 0.15) is 37.1 Å². The van der Waals surface area contributed by atoms with Crippen LogP contribution < -0.4 is 14.2 Å². The van der Waals surface area contributed by atoms with Gasteiger partial charge in [-0.15, -0.1) is 0 Å². The Labute approximate surface area is 164 Å². The molecular weight excluding hydrogens is 385 g/mol. The molecule has 0 atom stereocenters. The summed E-state index contributed by atoms with van der Waals surface area (Å²) in [6, 6.07) is 5.41. The van der Waals surface area contributed by atoms with E-state index < -0.39 is 15.8 Å². The molecule has 1 heterocycles. The minimum Gasteiger partial charge on any atom is -0.495 e. The van der Waals surface area contributed by atoms with Gasteiger partial charge in [0.2, 0.25) is 10.0 Å². The lowest BCUT2D eigenvalue weighted by Gasteiger charge is -2.29. The van der Waals surface area contributed by atoms with Crippen LogP contribution in [0.15, 0.2) is 29.2 Å². The third-order valence-corrected chi connectivity index (χ3v) is 6.19. The third kappa shape index (κ3) is 4.96. The van der Waals surface area contributed by atoms with Gasteiger partial charge >= 0.3 is 6.01 Å². The van der Waals surface area contributed by atoms with E-state index in [-0.39, 0.29) is 22.8 Å². The van der Waals surface area contributed by atoms with Crippen molar-refractivity contribution in [2.75, 3.05) is 7.11 Å². The second-order valence-electron chi connectivity index (χ2n) is 6.94. The number of nitrogens with zero attached hydrogens (tertiary/aromatic N) is 2. The Bertz CT molecular complexity index is 924. The smallest absolute Gasteiger partial charge is 0.317 e. The lowest BCUT2D eigenvalue weighted by Crippen LogP contribution is -2.39. The highest BCUT2D eigenvalue weighted by Gasteiger charge is 2.29. The molecule has 0 spiro atoms. The highest BCUT2D eigenvalue weighted by Crippen LogP contribution is 2.27. The number of aromatic nitrogens is 2. The van der Waals surface area contributed by atoms with Crippen LogP contribution in [0.3, 0.4) is 0 Å². The molecule has 0 saturated heterocycles. The Hall–Kier alpha value is -2.26. The number of aryl methyl sites for hydroxylation is 2. The number of methoxy groups -OCH3 is 1. The molecule has 1 N–H and O–H groups in total. The molecule has 152 valence electrons. The van der Waals surface area contributed by atoms with Gasteiger partial charge in [-0.2, -0.15) is 0 Å². The van der Waals surface area contributed by atoms with Crippen molar-refractivity contribution >= 4 is 10.0 Å². The van der Waals surface area contributed by atoms with Crippen molar-refractivity contribution < 1.29 is 22.3 Å². The first kappa shape index (κ1) is 20.5. The Morgan fingerprint density at radius 2 is 1.71 bits per heavy atom. The maximum Gasteiger partial charge on any atom is 0.317 e. The van der Waals surface area contributed by atoms with E-state index in [9.17, 15) is 12.8 Å². The number of ether oxygens (including phenoxy) is 2. The predicted octanol–water partition coefficient (Wildman–Crippen LogP) is 2.91. The third-order valence-electron chi connectivity index (χ3n) is 4.65. The summed E-state index contributed by atoms with van der Waals surface area (Å²) >= 11 is 0. The van der Waals surface area contributed by atoms with Crippen molar-refractivity contribution in [2.24, 2.45) is 0 Å². The largest absolute Gasteiger partial charge is 0.495 e. The molecule has 1 saturated carbocycles. The van der Waals surface area contributed by atoms with E-state index in [0.717, 1.165) is 23.5 Å². The fraction of sp³-hybridized carbons (Fsp3) is 0.474. The molecule has 0 bridgehead atoms. The monoisotopic (exact) mass is 409 g/mol. The van der Waals surface area contributed by atoms with Crippen molar-refractivity contribution in [3.63, 3.8) is 0 Å². The molecule has 1 aliphatic rings. The minimum atomic E-state index is -3.89. The molecule has 28 heavy (non-hydrogen) atoms. The molecule has 3 rings (SSSR count). The first-order valence-electron chi connectivity index (χ1n) is 9.11. The van der Waals surface area contributed by atoms with Gasteiger partial charge in [0.25, 0.3) is 0 Å². The maximum absolute atomic E-state index is 13.5. The average Bonchev–Trinajstić information content (AvgIpc) is 2.62. The first-order valence-corrected chi connectivity index (χ1v) is 10.6. The van der Waals surface area contributed by atoms with Gasteiger partial charge in [-0.25, -0.2) is 27.5 Å². The zero-order valence-corrected chi connectivity index (χ0v) is 16.9. The number of benzene rings is 1. The first-order chi connectivity index (χ1) is 13.3. The molecule has 2 aromatic rings. The van der Waals surface area contributed by atoms with Gasteiger partial charge in [-0.1, -0.05) is 0 Å². The van der Waals surface area contributed by atoms with Crippen LogP contribution in [0, 0.1) is 19.7 Å². The normalized spacial score (nSPS) is 20.0. The second kappa shape index (κ2) is 8.40. The zero-order valence-electron chi connectivity index (χ0n) is 16.1. The van der Waals surface area contributed by atoms with Gasteiger partial charge < -0.3 is 9.47 Å². The van der Waals surface area contributed by atoms with Crippen LogP contribution >= 0.6 is 0 Å². The van der Waals surface area contributed by atoms with Crippen LogP contribution in [0.4, 0.5) is 4.39 Å². The molecule has 1 aliphatic carbocycles. The predicted molar refractivity (Wildman–Crippen MR) is 101 cm³/mol. The van der Waals surface area contributed by atoms with Crippen molar-refractivity contribution in [3.05, 3.63) is 41.5 Å². The van der Waals surface area contributed by atoms with Crippen LogP contribution in [-0.4, -0.2) is 37.6 Å². The van der Waals surface area contributed by atoms with E-state index in [0.29, 0.717) is 31.7 Å². The summed E-state index contributed by atoms with van der Waals surface area (Å²) in [5.74, 6) is -0.524. The fourth-order valence-electron chi connectivity index (χ4n) is 3.34. The molecule has 0 amide bonds. The van der Waals surface area contributed by atoms with E-state index in [1.54, 1.807) is 0 Å². The van der Waals surface area contributed by atoms with E-state index >= 15 is 0 Å². The van der Waals surface area contributed by atoms with Gasteiger partial charge in [0.15, 0.2) is 0 Å². The summed E-state index contributed by atoms with van der Waals surface area (Å²) < 4.78 is 52.4. The van der Waals surface area contributed by atoms with Crippen LogP contribution in [0.5, 0.6) is 11.8 Å². The summed E-state index contributed by atoms with van der Waals surface area (Å²) in [4.78, 5) is 8.36. The number of hydrogen-bond acceptors (Lipinski definition) is 6. The molecule has 1 fully saturated rings. The molecule has 0 radical (unpaired) electrons. The highest BCUT2D eigenvalue weighted by atomic mass is 32.2. The summed E-state index contributed by atoms with van der Waals surface area (Å²) in [5, 5.41) is 0. The van der Waals surface area contributed by atoms with Gasteiger partial charge in [0.1, 0.15) is 22.6 Å². The van der Waals surface area contributed by atoms with Crippen LogP contribution in [0.25, 0.3) is 0 Å². The van der Waals surface area contributed by atoms with E-state index in [1.807, 2.05) is 19.9 Å². The SMILES string of the molecule is COc1ccc(F)cc1S(=O)(=O)NC1CCC(Oc2nc(C)cc(C)n2)CC1. The molecule has 9 heteroatoms. The molecule has 0 unspecified atom stereocenters. The Morgan fingerprint density at radius 3 is 2.32 bits per heavy atom. The number of halogens is 1. The topological polar surface area (TPSA) is 90.4 Å². The van der Waals surface area contributed by atoms with Gasteiger partial charge in [0.05, 0.1) is 7.11 Å². The van der Waals surface area contributed by atoms with Gasteiger partial charge in [-0.05, 0) is 63.8 Å². The standard InChI is InChI=1S/C19H24FN3O4S/c1-12-10-13(2)22-19(21-12)27-16-7-5-15(6-8-16)23-28(24,25)18-11-14(20)4-9-17(18)26-3/h4,9-11,15-16,23H,5-8H2,1-3H3. The average molecular weight is 409 g/mol. The summed E-state index contributed by atoms with van der Waals surface area (Å²) in [6.07, 6.45) is 2.48. The van der Waals surface area contributed by atoms with E-state index in [4.69, 9.17) is 9.47 Å². The van der Waals surface area contributed by atoms with Crippen molar-refractivity contribution in [1.29, 1.82) is 0 Å². The molecule has 1 aromatic heterocycles. The molecular formula is C19H24FN3O4S. The van der Waals surface area contributed by atoms with Gasteiger partial charge in [0, 0.05) is 17.4 Å². The molecule has 0 aliphatic heterocycles. The quantitative estimate of drug-likeness (QED) is 0.789. The number of rotatable bonds is 6. The second-order valence-corrected chi connectivity index (χ2v) is 8.62. The molecule has 7 nitrogen and oxygen atoms in total. The van der Waals surface area contributed by atoms with Crippen molar-refractivity contribution in [3.8, 4) is 11.8 Å². The Kier molecular flexibility index (Phi) is 6.14. The van der Waals surface area contributed by atoms with Crippen LogP contribution in [-0.2, 0) is 10.0 Å². The maximum atomic E-state index is 13.5. The van der Waals surface area contributed by atoms with Crippen LogP contribution in [0.2, 0.25) is 0 Å². The number of hydrogen-bond donors (Lipinski definition) is 1. The number of sulfonamides is 1. The van der Waals surface area contributed by atoms with E-state index in [2.05, 4.69) is 14.7 Å². The summed E-state index contributed by atoms with van der Waals surface area (Å²) in [7, 11) is -2.54. The zero-order chi connectivity index (χ0) is 20.3. The van der Waals surface area contributed by atoms with E-state index in [1.165, 1.54) is 13.2 Å². The van der Waals surface area contributed by atoms with Crippen molar-refractivity contribution in [2.45, 2.75) is 56.6 Å².